The SMILES string of the molecule is COc1cc(OC(=O)c2ccc(N=C(N)N)cc2)ccc1/C=C/C(=O)N1CCN(C(C)C)CC1. The van der Waals surface area contributed by atoms with E-state index in [1.165, 1.54) is 7.11 Å². The number of benzene rings is 2. The van der Waals surface area contributed by atoms with Gasteiger partial charge in [0.25, 0.3) is 0 Å². The van der Waals surface area contributed by atoms with Crippen molar-refractivity contribution < 1.29 is 19.1 Å². The van der Waals surface area contributed by atoms with Crippen molar-refractivity contribution in [3.63, 3.8) is 0 Å². The molecule has 4 N–H and O–H groups in total. The maximum Gasteiger partial charge on any atom is 0.343 e. The molecule has 1 fully saturated rings. The lowest BCUT2D eigenvalue weighted by Crippen LogP contribution is -2.50. The molecule has 0 unspecified atom stereocenters. The number of rotatable bonds is 7. The minimum absolute atomic E-state index is 0.0369. The molecular formula is C25H31N5O4. The van der Waals surface area contributed by atoms with Crippen LogP contribution in [0.1, 0.15) is 29.8 Å². The lowest BCUT2D eigenvalue weighted by Gasteiger charge is -2.36. The Morgan fingerprint density at radius 1 is 1.03 bits per heavy atom. The first kappa shape index (κ1) is 24.8. The predicted octanol–water partition coefficient (Wildman–Crippen LogP) is 2.39. The highest BCUT2D eigenvalue weighted by Gasteiger charge is 2.21. The third-order valence-corrected chi connectivity index (χ3v) is 5.54. The molecular weight excluding hydrogens is 434 g/mol. The Labute approximate surface area is 199 Å². The number of guanidine groups is 1. The van der Waals surface area contributed by atoms with E-state index in [4.69, 9.17) is 20.9 Å². The minimum Gasteiger partial charge on any atom is -0.496 e. The lowest BCUT2D eigenvalue weighted by atomic mass is 10.1. The van der Waals surface area contributed by atoms with Gasteiger partial charge in [0.1, 0.15) is 11.5 Å². The van der Waals surface area contributed by atoms with E-state index in [0.29, 0.717) is 47.4 Å². The van der Waals surface area contributed by atoms with Crippen molar-refractivity contribution in [2.24, 2.45) is 16.5 Å². The summed E-state index contributed by atoms with van der Waals surface area (Å²) in [7, 11) is 1.52. The van der Waals surface area contributed by atoms with E-state index in [1.807, 2.05) is 4.90 Å². The molecule has 2 aromatic rings. The molecule has 2 aromatic carbocycles. The lowest BCUT2D eigenvalue weighted by molar-refractivity contribution is -0.127. The first-order valence-corrected chi connectivity index (χ1v) is 11.1. The monoisotopic (exact) mass is 465 g/mol. The second-order valence-corrected chi connectivity index (χ2v) is 8.17. The molecule has 1 heterocycles. The topological polar surface area (TPSA) is 123 Å². The van der Waals surface area contributed by atoms with Gasteiger partial charge in [0, 0.05) is 49.9 Å². The quantitative estimate of drug-likeness (QED) is 0.212. The third kappa shape index (κ3) is 6.58. The molecule has 0 bridgehead atoms. The average molecular weight is 466 g/mol. The smallest absolute Gasteiger partial charge is 0.343 e. The third-order valence-electron chi connectivity index (χ3n) is 5.54. The van der Waals surface area contributed by atoms with Gasteiger partial charge >= 0.3 is 5.97 Å². The predicted molar refractivity (Wildman–Crippen MR) is 132 cm³/mol. The largest absolute Gasteiger partial charge is 0.496 e. The van der Waals surface area contributed by atoms with Crippen LogP contribution in [0.25, 0.3) is 6.08 Å². The van der Waals surface area contributed by atoms with Crippen LogP contribution in [0.5, 0.6) is 11.5 Å². The summed E-state index contributed by atoms with van der Waals surface area (Å²) < 4.78 is 10.9. The van der Waals surface area contributed by atoms with E-state index >= 15 is 0 Å². The van der Waals surface area contributed by atoms with Gasteiger partial charge in [-0.3, -0.25) is 9.69 Å². The zero-order chi connectivity index (χ0) is 24.7. The maximum atomic E-state index is 12.6. The summed E-state index contributed by atoms with van der Waals surface area (Å²) in [6.07, 6.45) is 3.26. The summed E-state index contributed by atoms with van der Waals surface area (Å²) in [6.45, 7) is 7.49. The number of nitrogens with two attached hydrogens (primary N) is 2. The van der Waals surface area contributed by atoms with Gasteiger partial charge in [0.2, 0.25) is 5.91 Å². The van der Waals surface area contributed by atoms with Gasteiger partial charge in [0.05, 0.1) is 18.4 Å². The van der Waals surface area contributed by atoms with Crippen molar-refractivity contribution in [2.75, 3.05) is 33.3 Å². The van der Waals surface area contributed by atoms with Gasteiger partial charge in [-0.2, -0.15) is 0 Å². The number of ether oxygens (including phenoxy) is 2. The highest BCUT2D eigenvalue weighted by atomic mass is 16.5. The summed E-state index contributed by atoms with van der Waals surface area (Å²) in [5, 5.41) is 0. The summed E-state index contributed by atoms with van der Waals surface area (Å²) in [6, 6.07) is 11.9. The molecule has 0 spiro atoms. The van der Waals surface area contributed by atoms with E-state index < -0.39 is 5.97 Å². The molecule has 34 heavy (non-hydrogen) atoms. The van der Waals surface area contributed by atoms with Crippen LogP contribution >= 0.6 is 0 Å². The van der Waals surface area contributed by atoms with Crippen LogP contribution in [-0.2, 0) is 4.79 Å². The fourth-order valence-electron chi connectivity index (χ4n) is 3.60. The molecule has 0 saturated carbocycles. The van der Waals surface area contributed by atoms with Crippen molar-refractivity contribution in [1.29, 1.82) is 0 Å². The van der Waals surface area contributed by atoms with Gasteiger partial charge in [-0.05, 0) is 56.3 Å². The molecule has 3 rings (SSSR count). The standard InChI is InChI=1S/C25H31N5O4/c1-17(2)29-12-14-30(15-13-29)23(31)11-7-18-6-10-21(16-22(18)33-3)34-24(32)19-4-8-20(9-5-19)28-25(26)27/h4-11,16-17H,12-15H2,1-3H3,(H4,26,27,28)/b11-7+. The molecule has 1 saturated heterocycles. The van der Waals surface area contributed by atoms with Crippen molar-refractivity contribution in [2.45, 2.75) is 19.9 Å². The number of piperazine rings is 1. The summed E-state index contributed by atoms with van der Waals surface area (Å²) in [5.41, 5.74) is 12.3. The van der Waals surface area contributed by atoms with E-state index in [0.717, 1.165) is 13.1 Å². The molecule has 1 aliphatic rings. The number of nitrogens with zero attached hydrogens (tertiary/aromatic N) is 3. The number of carbonyl (C=O) groups excluding carboxylic acids is 2. The molecule has 180 valence electrons. The molecule has 0 radical (unpaired) electrons. The molecule has 0 atom stereocenters. The first-order valence-electron chi connectivity index (χ1n) is 11.1. The van der Waals surface area contributed by atoms with Crippen LogP contribution in [0.2, 0.25) is 0 Å². The zero-order valence-electron chi connectivity index (χ0n) is 19.7. The highest BCUT2D eigenvalue weighted by molar-refractivity contribution is 5.93. The van der Waals surface area contributed by atoms with Crippen LogP contribution < -0.4 is 20.9 Å². The van der Waals surface area contributed by atoms with Gasteiger partial charge in [-0.25, -0.2) is 9.79 Å². The van der Waals surface area contributed by atoms with Crippen molar-refractivity contribution in [3.05, 3.63) is 59.7 Å². The van der Waals surface area contributed by atoms with E-state index in [9.17, 15) is 9.59 Å². The summed E-state index contributed by atoms with van der Waals surface area (Å²) >= 11 is 0. The number of hydrogen-bond donors (Lipinski definition) is 2. The van der Waals surface area contributed by atoms with Gasteiger partial charge in [0.15, 0.2) is 5.96 Å². The van der Waals surface area contributed by atoms with Crippen LogP contribution in [0.4, 0.5) is 5.69 Å². The Morgan fingerprint density at radius 2 is 1.71 bits per heavy atom. The van der Waals surface area contributed by atoms with Crippen LogP contribution in [0.3, 0.4) is 0 Å². The zero-order valence-corrected chi connectivity index (χ0v) is 19.7. The van der Waals surface area contributed by atoms with Gasteiger partial charge in [-0.15, -0.1) is 0 Å². The molecule has 9 nitrogen and oxygen atoms in total. The van der Waals surface area contributed by atoms with E-state index in [1.54, 1.807) is 54.6 Å². The average Bonchev–Trinajstić information content (AvgIpc) is 2.83. The van der Waals surface area contributed by atoms with Crippen molar-refractivity contribution in [1.82, 2.24) is 9.80 Å². The molecule has 1 aliphatic heterocycles. The molecule has 0 aromatic heterocycles. The number of aliphatic imine (C=N–C) groups is 1. The number of amides is 1. The van der Waals surface area contributed by atoms with Crippen LogP contribution in [0.15, 0.2) is 53.5 Å². The Hall–Kier alpha value is -3.85. The molecule has 9 heteroatoms. The second-order valence-electron chi connectivity index (χ2n) is 8.17. The van der Waals surface area contributed by atoms with Crippen molar-refractivity contribution >= 4 is 29.6 Å². The van der Waals surface area contributed by atoms with E-state index in [2.05, 4.69) is 23.7 Å². The van der Waals surface area contributed by atoms with Crippen molar-refractivity contribution in [3.8, 4) is 11.5 Å². The number of hydrogen-bond acceptors (Lipinski definition) is 6. The Balaban J connectivity index is 1.63. The summed E-state index contributed by atoms with van der Waals surface area (Å²) in [5.74, 6) is 0.180. The fraction of sp³-hybridized carbons (Fsp3) is 0.320. The Morgan fingerprint density at radius 3 is 2.29 bits per heavy atom. The van der Waals surface area contributed by atoms with Gasteiger partial charge in [-0.1, -0.05) is 0 Å². The first-order chi connectivity index (χ1) is 16.3. The minimum atomic E-state index is -0.530. The van der Waals surface area contributed by atoms with E-state index in [-0.39, 0.29) is 11.9 Å². The Bertz CT molecular complexity index is 1070. The normalized spacial score (nSPS) is 14.3. The number of esters is 1. The molecule has 1 amide bonds. The van der Waals surface area contributed by atoms with Gasteiger partial charge < -0.3 is 25.8 Å². The fourth-order valence-corrected chi connectivity index (χ4v) is 3.60. The Kier molecular flexibility index (Phi) is 8.26. The summed E-state index contributed by atoms with van der Waals surface area (Å²) in [4.78, 5) is 33.2. The number of methoxy groups -OCH3 is 1. The maximum absolute atomic E-state index is 12.6. The second kappa shape index (κ2) is 11.3. The van der Waals surface area contributed by atoms with Crippen LogP contribution in [0, 0.1) is 0 Å². The number of carbonyl (C=O) groups is 2. The highest BCUT2D eigenvalue weighted by Crippen LogP contribution is 2.27. The van der Waals surface area contributed by atoms with Crippen LogP contribution in [-0.4, -0.2) is 67.0 Å². The molecule has 0 aliphatic carbocycles.